The van der Waals surface area contributed by atoms with Crippen molar-refractivity contribution in [1.82, 2.24) is 4.90 Å². The van der Waals surface area contributed by atoms with Gasteiger partial charge in [-0.3, -0.25) is 4.79 Å². The first kappa shape index (κ1) is 19.7. The highest BCUT2D eigenvalue weighted by Gasteiger charge is 2.24. The number of piperidine rings is 1. The zero-order valence-electron chi connectivity index (χ0n) is 16.8. The molecule has 1 aliphatic heterocycles. The number of nitrogens with zero attached hydrogens (tertiary/aromatic N) is 1. The van der Waals surface area contributed by atoms with Crippen molar-refractivity contribution in [3.8, 4) is 5.75 Å². The van der Waals surface area contributed by atoms with Gasteiger partial charge in [-0.2, -0.15) is 0 Å². The van der Waals surface area contributed by atoms with Crippen LogP contribution < -0.4 is 4.74 Å². The number of para-hydroxylation sites is 1. The number of carbonyl (C=O) groups is 1. The van der Waals surface area contributed by atoms with Crippen LogP contribution in [0.25, 0.3) is 0 Å². The molecule has 0 N–H and O–H groups in total. The molecule has 1 amide bonds. The van der Waals surface area contributed by atoms with Crippen LogP contribution in [0, 0.1) is 12.8 Å². The third-order valence-electron chi connectivity index (χ3n) is 5.62. The smallest absolute Gasteiger partial charge is 0.263 e. The summed E-state index contributed by atoms with van der Waals surface area (Å²) < 4.78 is 5.91. The minimum absolute atomic E-state index is 0.162. The zero-order valence-corrected chi connectivity index (χ0v) is 17.7. The van der Waals surface area contributed by atoms with Crippen LogP contribution in [0.2, 0.25) is 0 Å². The second-order valence-corrected chi connectivity index (χ2v) is 8.71. The molecule has 150 valence electrons. The summed E-state index contributed by atoms with van der Waals surface area (Å²) in [7, 11) is 0. The van der Waals surface area contributed by atoms with Gasteiger partial charge in [0, 0.05) is 18.7 Å². The van der Waals surface area contributed by atoms with E-state index in [-0.39, 0.29) is 5.91 Å². The topological polar surface area (TPSA) is 29.5 Å². The molecule has 2 heterocycles. The van der Waals surface area contributed by atoms with Crippen molar-refractivity contribution in [1.29, 1.82) is 0 Å². The minimum atomic E-state index is 0.162. The Morgan fingerprint density at radius 1 is 1.03 bits per heavy atom. The summed E-state index contributed by atoms with van der Waals surface area (Å²) in [5, 5.41) is 2.04. The molecule has 3 aromatic rings. The van der Waals surface area contributed by atoms with Gasteiger partial charge in [0.05, 0.1) is 4.88 Å². The fourth-order valence-corrected chi connectivity index (χ4v) is 4.75. The minimum Gasteiger partial charge on any atom is -0.489 e. The Balaban J connectivity index is 1.29. The first-order valence-electron chi connectivity index (χ1n) is 10.3. The Hall–Kier alpha value is -2.59. The van der Waals surface area contributed by atoms with Crippen LogP contribution in [0.5, 0.6) is 5.75 Å². The lowest BCUT2D eigenvalue weighted by molar-refractivity contribution is 0.0695. The fourth-order valence-electron chi connectivity index (χ4n) is 3.89. The maximum Gasteiger partial charge on any atom is 0.263 e. The highest BCUT2D eigenvalue weighted by molar-refractivity contribution is 7.12. The van der Waals surface area contributed by atoms with Gasteiger partial charge in [-0.25, -0.2) is 0 Å². The molecule has 29 heavy (non-hydrogen) atoms. The third kappa shape index (κ3) is 5.07. The van der Waals surface area contributed by atoms with Crippen LogP contribution in [0.1, 0.15) is 39.2 Å². The second kappa shape index (κ2) is 9.27. The van der Waals surface area contributed by atoms with Crippen LogP contribution in [-0.2, 0) is 13.0 Å². The van der Waals surface area contributed by atoms with Gasteiger partial charge in [0.25, 0.3) is 5.91 Å². The largest absolute Gasteiger partial charge is 0.489 e. The van der Waals surface area contributed by atoms with Gasteiger partial charge < -0.3 is 9.64 Å². The van der Waals surface area contributed by atoms with E-state index in [1.807, 2.05) is 47.5 Å². The maximum atomic E-state index is 12.9. The predicted molar refractivity (Wildman–Crippen MR) is 119 cm³/mol. The van der Waals surface area contributed by atoms with E-state index >= 15 is 0 Å². The number of thiophene rings is 1. The number of benzene rings is 2. The van der Waals surface area contributed by atoms with Crippen LogP contribution in [0.15, 0.2) is 66.0 Å². The van der Waals surface area contributed by atoms with Crippen molar-refractivity contribution in [2.24, 2.45) is 5.92 Å². The van der Waals surface area contributed by atoms with E-state index < -0.39 is 0 Å². The number of ether oxygens (including phenoxy) is 1. The highest BCUT2D eigenvalue weighted by atomic mass is 32.1. The van der Waals surface area contributed by atoms with Crippen LogP contribution in [0.4, 0.5) is 0 Å². The molecule has 0 aliphatic carbocycles. The van der Waals surface area contributed by atoms with Crippen LogP contribution in [0.3, 0.4) is 0 Å². The summed E-state index contributed by atoms with van der Waals surface area (Å²) in [5.41, 5.74) is 3.58. The summed E-state index contributed by atoms with van der Waals surface area (Å²) in [6, 6.07) is 20.7. The lowest BCUT2D eigenvalue weighted by Gasteiger charge is -2.31. The Bertz CT molecular complexity index is 942. The molecule has 4 rings (SSSR count). The molecule has 0 saturated carbocycles. The molecule has 0 spiro atoms. The van der Waals surface area contributed by atoms with Crippen molar-refractivity contribution in [2.45, 2.75) is 32.8 Å². The SMILES string of the molecule is Cc1ccccc1OCc1csc(C(=O)N2CCC(Cc3ccccc3)CC2)c1. The molecule has 1 fully saturated rings. The molecule has 2 aromatic carbocycles. The second-order valence-electron chi connectivity index (χ2n) is 7.80. The van der Waals surface area contributed by atoms with E-state index in [1.54, 1.807) is 0 Å². The molecule has 0 atom stereocenters. The summed E-state index contributed by atoms with van der Waals surface area (Å²) in [5.74, 6) is 1.73. The lowest BCUT2D eigenvalue weighted by Crippen LogP contribution is -2.38. The average molecular weight is 406 g/mol. The Morgan fingerprint density at radius 3 is 2.52 bits per heavy atom. The van der Waals surface area contributed by atoms with E-state index in [1.165, 1.54) is 16.9 Å². The van der Waals surface area contributed by atoms with Crippen molar-refractivity contribution in [2.75, 3.05) is 13.1 Å². The van der Waals surface area contributed by atoms with E-state index in [0.29, 0.717) is 12.5 Å². The quantitative estimate of drug-likeness (QED) is 0.524. The first-order valence-corrected chi connectivity index (χ1v) is 11.2. The Morgan fingerprint density at radius 2 is 1.76 bits per heavy atom. The third-order valence-corrected chi connectivity index (χ3v) is 6.59. The summed E-state index contributed by atoms with van der Waals surface area (Å²) >= 11 is 1.52. The maximum absolute atomic E-state index is 12.9. The van der Waals surface area contributed by atoms with Gasteiger partial charge in [0.1, 0.15) is 12.4 Å². The lowest BCUT2D eigenvalue weighted by atomic mass is 9.90. The van der Waals surface area contributed by atoms with Gasteiger partial charge in [-0.1, -0.05) is 48.5 Å². The molecule has 0 unspecified atom stereocenters. The molecule has 1 aliphatic rings. The normalized spacial score (nSPS) is 14.7. The zero-order chi connectivity index (χ0) is 20.1. The van der Waals surface area contributed by atoms with Crippen LogP contribution in [-0.4, -0.2) is 23.9 Å². The van der Waals surface area contributed by atoms with E-state index in [2.05, 4.69) is 30.3 Å². The van der Waals surface area contributed by atoms with Gasteiger partial charge in [0.2, 0.25) is 0 Å². The number of carbonyl (C=O) groups excluding carboxylic acids is 1. The molecule has 0 radical (unpaired) electrons. The number of aryl methyl sites for hydroxylation is 1. The number of amides is 1. The molecule has 4 heteroatoms. The summed E-state index contributed by atoms with van der Waals surface area (Å²) in [4.78, 5) is 15.7. The molecule has 1 aromatic heterocycles. The van der Waals surface area contributed by atoms with Gasteiger partial charge in [0.15, 0.2) is 0 Å². The van der Waals surface area contributed by atoms with Crippen molar-refractivity contribution in [3.05, 3.63) is 87.6 Å². The molecule has 0 bridgehead atoms. The van der Waals surface area contributed by atoms with Gasteiger partial charge >= 0.3 is 0 Å². The standard InChI is InChI=1S/C25H27NO2S/c1-19-7-5-6-10-23(19)28-17-22-16-24(29-18-22)25(27)26-13-11-21(12-14-26)15-20-8-3-2-4-9-20/h2-10,16,18,21H,11-15,17H2,1H3. The number of rotatable bonds is 6. The molecule has 3 nitrogen and oxygen atoms in total. The predicted octanol–water partition coefficient (Wildman–Crippen LogP) is 5.73. The van der Waals surface area contributed by atoms with Gasteiger partial charge in [-0.15, -0.1) is 11.3 Å². The summed E-state index contributed by atoms with van der Waals surface area (Å²) in [6.07, 6.45) is 3.27. The van der Waals surface area contributed by atoms with Crippen molar-refractivity contribution in [3.63, 3.8) is 0 Å². The number of hydrogen-bond acceptors (Lipinski definition) is 3. The first-order chi connectivity index (χ1) is 14.2. The van der Waals surface area contributed by atoms with E-state index in [0.717, 1.165) is 54.1 Å². The van der Waals surface area contributed by atoms with E-state index in [9.17, 15) is 4.79 Å². The monoisotopic (exact) mass is 405 g/mol. The number of hydrogen-bond donors (Lipinski definition) is 0. The van der Waals surface area contributed by atoms with Gasteiger partial charge in [-0.05, 0) is 60.7 Å². The molecular weight excluding hydrogens is 378 g/mol. The molecular formula is C25H27NO2S. The fraction of sp³-hybridized carbons (Fsp3) is 0.320. The summed E-state index contributed by atoms with van der Waals surface area (Å²) in [6.45, 7) is 4.24. The van der Waals surface area contributed by atoms with Crippen molar-refractivity contribution >= 4 is 17.2 Å². The highest BCUT2D eigenvalue weighted by Crippen LogP contribution is 2.25. The number of likely N-dealkylation sites (tertiary alicyclic amines) is 1. The van der Waals surface area contributed by atoms with Crippen molar-refractivity contribution < 1.29 is 9.53 Å². The molecule has 1 saturated heterocycles. The average Bonchev–Trinajstić information content (AvgIpc) is 3.23. The Labute approximate surface area is 176 Å². The van der Waals surface area contributed by atoms with E-state index in [4.69, 9.17) is 4.74 Å². The Kier molecular flexibility index (Phi) is 6.30. The van der Waals surface area contributed by atoms with Crippen LogP contribution >= 0.6 is 11.3 Å².